The predicted molar refractivity (Wildman–Crippen MR) is 61.5 cm³/mol. The topological polar surface area (TPSA) is 20.3 Å². The predicted octanol–water partition coefficient (Wildman–Crippen LogP) is 2.72. The fourth-order valence-corrected chi connectivity index (χ4v) is 2.10. The molecule has 0 aliphatic heterocycles. The van der Waals surface area contributed by atoms with Crippen molar-refractivity contribution >= 4 is 5.78 Å². The van der Waals surface area contributed by atoms with E-state index in [2.05, 4.69) is 32.6 Å². The van der Waals surface area contributed by atoms with Crippen LogP contribution in [0.2, 0.25) is 0 Å². The van der Waals surface area contributed by atoms with E-state index >= 15 is 0 Å². The zero-order valence-electron chi connectivity index (χ0n) is 10.6. The summed E-state index contributed by atoms with van der Waals surface area (Å²) in [7, 11) is 0. The van der Waals surface area contributed by atoms with Crippen LogP contribution in [-0.2, 0) is 4.79 Å². The number of hydrogen-bond acceptors (Lipinski definition) is 2. The summed E-state index contributed by atoms with van der Waals surface area (Å²) in [6, 6.07) is 0. The molecular weight excluding hydrogens is 174 g/mol. The van der Waals surface area contributed by atoms with Gasteiger partial charge in [0, 0.05) is 5.92 Å². The summed E-state index contributed by atoms with van der Waals surface area (Å²) < 4.78 is 0. The van der Waals surface area contributed by atoms with Gasteiger partial charge in [0.25, 0.3) is 0 Å². The fourth-order valence-electron chi connectivity index (χ4n) is 2.10. The normalized spacial score (nSPS) is 16.0. The van der Waals surface area contributed by atoms with E-state index in [-0.39, 0.29) is 11.5 Å². The van der Waals surface area contributed by atoms with Crippen molar-refractivity contribution in [2.24, 2.45) is 5.92 Å². The first-order valence-corrected chi connectivity index (χ1v) is 5.73. The van der Waals surface area contributed by atoms with Crippen LogP contribution in [-0.4, -0.2) is 29.3 Å². The second kappa shape index (κ2) is 5.50. The Morgan fingerprint density at radius 1 is 1.21 bits per heavy atom. The summed E-state index contributed by atoms with van der Waals surface area (Å²) in [4.78, 5) is 14.4. The highest BCUT2D eigenvalue weighted by Gasteiger charge is 2.36. The zero-order valence-corrected chi connectivity index (χ0v) is 10.6. The molecule has 14 heavy (non-hydrogen) atoms. The summed E-state index contributed by atoms with van der Waals surface area (Å²) in [6.07, 6.45) is 0.895. The van der Waals surface area contributed by atoms with Gasteiger partial charge in [0.2, 0.25) is 0 Å². The molecule has 1 atom stereocenters. The van der Waals surface area contributed by atoms with E-state index in [1.807, 2.05) is 13.8 Å². The molecule has 0 aromatic carbocycles. The van der Waals surface area contributed by atoms with Gasteiger partial charge in [-0.25, -0.2) is 0 Å². The molecule has 0 saturated heterocycles. The molecule has 2 heteroatoms. The van der Waals surface area contributed by atoms with Crippen molar-refractivity contribution in [2.45, 2.75) is 53.5 Å². The monoisotopic (exact) mass is 199 g/mol. The molecule has 0 aliphatic rings. The standard InChI is InChI=1S/C12H25NO/c1-7-12(6,11(14)10(4)5)13(8-2)9-3/h10H,7-9H2,1-6H3. The summed E-state index contributed by atoms with van der Waals surface area (Å²) in [5, 5.41) is 0. The van der Waals surface area contributed by atoms with Crippen molar-refractivity contribution < 1.29 is 4.79 Å². The zero-order chi connectivity index (χ0) is 11.4. The summed E-state index contributed by atoms with van der Waals surface area (Å²) in [5.41, 5.74) is -0.266. The van der Waals surface area contributed by atoms with Crippen molar-refractivity contribution in [1.29, 1.82) is 0 Å². The van der Waals surface area contributed by atoms with Gasteiger partial charge < -0.3 is 0 Å². The van der Waals surface area contributed by atoms with Gasteiger partial charge in [0.1, 0.15) is 0 Å². The van der Waals surface area contributed by atoms with Crippen LogP contribution in [0, 0.1) is 5.92 Å². The number of hydrogen-bond donors (Lipinski definition) is 0. The lowest BCUT2D eigenvalue weighted by Crippen LogP contribution is -2.53. The van der Waals surface area contributed by atoms with Crippen LogP contribution < -0.4 is 0 Å². The number of Topliss-reactive ketones (excluding diaryl/α,β-unsaturated/α-hetero) is 1. The van der Waals surface area contributed by atoms with E-state index in [0.717, 1.165) is 19.5 Å². The van der Waals surface area contributed by atoms with E-state index in [1.165, 1.54) is 0 Å². The molecule has 0 aromatic heterocycles. The third kappa shape index (κ3) is 2.57. The minimum absolute atomic E-state index is 0.126. The quantitative estimate of drug-likeness (QED) is 0.655. The second-order valence-corrected chi connectivity index (χ2v) is 4.32. The SMILES string of the molecule is CCN(CC)C(C)(CC)C(=O)C(C)C. The van der Waals surface area contributed by atoms with E-state index in [1.54, 1.807) is 0 Å². The molecule has 0 fully saturated rings. The molecule has 0 spiro atoms. The largest absolute Gasteiger partial charge is 0.297 e. The number of carbonyl (C=O) groups excluding carboxylic acids is 1. The van der Waals surface area contributed by atoms with Crippen LogP contribution in [0.4, 0.5) is 0 Å². The molecule has 0 N–H and O–H groups in total. The van der Waals surface area contributed by atoms with Gasteiger partial charge in [0.05, 0.1) is 5.54 Å². The maximum absolute atomic E-state index is 12.1. The molecule has 0 aliphatic carbocycles. The van der Waals surface area contributed by atoms with Crippen molar-refractivity contribution in [1.82, 2.24) is 4.90 Å². The van der Waals surface area contributed by atoms with Crippen LogP contribution in [0.5, 0.6) is 0 Å². The Morgan fingerprint density at radius 3 is 1.86 bits per heavy atom. The van der Waals surface area contributed by atoms with E-state index in [9.17, 15) is 4.79 Å². The van der Waals surface area contributed by atoms with E-state index < -0.39 is 0 Å². The number of nitrogens with zero attached hydrogens (tertiary/aromatic N) is 1. The number of likely N-dealkylation sites (N-methyl/N-ethyl adjacent to an activating group) is 1. The van der Waals surface area contributed by atoms with Gasteiger partial charge >= 0.3 is 0 Å². The molecule has 0 amide bonds. The number of ketones is 1. The fraction of sp³-hybridized carbons (Fsp3) is 0.917. The molecule has 0 bridgehead atoms. The molecule has 0 heterocycles. The highest BCUT2D eigenvalue weighted by atomic mass is 16.1. The molecular formula is C12H25NO. The van der Waals surface area contributed by atoms with Crippen molar-refractivity contribution in [2.75, 3.05) is 13.1 Å². The van der Waals surface area contributed by atoms with Gasteiger partial charge in [-0.05, 0) is 26.4 Å². The van der Waals surface area contributed by atoms with Crippen LogP contribution in [0.3, 0.4) is 0 Å². The third-order valence-corrected chi connectivity index (χ3v) is 3.21. The van der Waals surface area contributed by atoms with Gasteiger partial charge in [-0.15, -0.1) is 0 Å². The first-order chi connectivity index (χ1) is 6.43. The van der Waals surface area contributed by atoms with Gasteiger partial charge in [0.15, 0.2) is 5.78 Å². The van der Waals surface area contributed by atoms with Gasteiger partial charge in [-0.2, -0.15) is 0 Å². The summed E-state index contributed by atoms with van der Waals surface area (Å²) in [6.45, 7) is 14.3. The second-order valence-electron chi connectivity index (χ2n) is 4.32. The van der Waals surface area contributed by atoms with Crippen molar-refractivity contribution in [3.63, 3.8) is 0 Å². The highest BCUT2D eigenvalue weighted by molar-refractivity contribution is 5.89. The maximum atomic E-state index is 12.1. The van der Waals surface area contributed by atoms with Crippen LogP contribution in [0.15, 0.2) is 0 Å². The van der Waals surface area contributed by atoms with Crippen LogP contribution in [0.1, 0.15) is 48.0 Å². The molecule has 1 unspecified atom stereocenters. The average Bonchev–Trinajstić information content (AvgIpc) is 2.17. The number of rotatable bonds is 6. The lowest BCUT2D eigenvalue weighted by Gasteiger charge is -2.39. The Labute approximate surface area is 88.7 Å². The van der Waals surface area contributed by atoms with Crippen molar-refractivity contribution in [3.05, 3.63) is 0 Å². The smallest absolute Gasteiger partial charge is 0.155 e. The van der Waals surface area contributed by atoms with Crippen LogP contribution >= 0.6 is 0 Å². The Bertz CT molecular complexity index is 185. The Hall–Kier alpha value is -0.370. The highest BCUT2D eigenvalue weighted by Crippen LogP contribution is 2.23. The maximum Gasteiger partial charge on any atom is 0.155 e. The minimum Gasteiger partial charge on any atom is -0.297 e. The van der Waals surface area contributed by atoms with Crippen LogP contribution in [0.25, 0.3) is 0 Å². The Morgan fingerprint density at radius 2 is 1.64 bits per heavy atom. The van der Waals surface area contributed by atoms with Crippen molar-refractivity contribution in [3.8, 4) is 0 Å². The molecule has 0 radical (unpaired) electrons. The summed E-state index contributed by atoms with van der Waals surface area (Å²) in [5.74, 6) is 0.490. The van der Waals surface area contributed by atoms with Gasteiger partial charge in [-0.1, -0.05) is 34.6 Å². The lowest BCUT2D eigenvalue weighted by atomic mass is 9.85. The first kappa shape index (κ1) is 13.6. The molecule has 0 aromatic rings. The lowest BCUT2D eigenvalue weighted by molar-refractivity contribution is -0.133. The first-order valence-electron chi connectivity index (χ1n) is 5.73. The number of carbonyl (C=O) groups is 1. The van der Waals surface area contributed by atoms with Gasteiger partial charge in [-0.3, -0.25) is 9.69 Å². The molecule has 2 nitrogen and oxygen atoms in total. The molecule has 0 saturated carbocycles. The van der Waals surface area contributed by atoms with E-state index in [4.69, 9.17) is 0 Å². The minimum atomic E-state index is -0.266. The Balaban J connectivity index is 4.85. The average molecular weight is 199 g/mol. The summed E-state index contributed by atoms with van der Waals surface area (Å²) >= 11 is 0. The molecule has 0 rings (SSSR count). The molecule has 84 valence electrons. The Kier molecular flexibility index (Phi) is 5.35. The third-order valence-electron chi connectivity index (χ3n) is 3.21. The van der Waals surface area contributed by atoms with E-state index in [0.29, 0.717) is 5.78 Å².